The normalized spacial score (nSPS) is 10.6. The average molecular weight is 462 g/mol. The number of anilines is 1. The molecule has 2 aromatic carbocycles. The second-order valence-electron chi connectivity index (χ2n) is 6.93. The first-order valence-electron chi connectivity index (χ1n) is 10.0. The molecule has 166 valence electrons. The molecular formula is C23H19N5O4S. The highest BCUT2D eigenvalue weighted by Crippen LogP contribution is 2.15. The van der Waals surface area contributed by atoms with Crippen LogP contribution in [0.1, 0.15) is 37.4 Å². The molecule has 3 amide bonds. The first kappa shape index (κ1) is 21.9. The highest BCUT2D eigenvalue weighted by Gasteiger charge is 2.17. The summed E-state index contributed by atoms with van der Waals surface area (Å²) >= 11 is 1.33. The summed E-state index contributed by atoms with van der Waals surface area (Å²) in [6.07, 6.45) is 0. The molecule has 0 aliphatic carbocycles. The number of aromatic nitrogens is 2. The minimum Gasteiger partial charge on any atom is -0.321 e. The molecular weight excluding hydrogens is 442 g/mol. The van der Waals surface area contributed by atoms with Gasteiger partial charge >= 0.3 is 0 Å². The molecule has 0 fully saturated rings. The Morgan fingerprint density at radius 2 is 1.58 bits per heavy atom. The van der Waals surface area contributed by atoms with Crippen molar-refractivity contribution >= 4 is 45.5 Å². The van der Waals surface area contributed by atoms with Gasteiger partial charge in [-0.1, -0.05) is 24.3 Å². The molecule has 3 N–H and O–H groups in total. The van der Waals surface area contributed by atoms with Crippen molar-refractivity contribution in [3.8, 4) is 0 Å². The minimum absolute atomic E-state index is 0.0268. The average Bonchev–Trinajstić information content (AvgIpc) is 3.38. The summed E-state index contributed by atoms with van der Waals surface area (Å²) in [5, 5.41) is 9.45. The summed E-state index contributed by atoms with van der Waals surface area (Å²) in [4.78, 5) is 50.3. The van der Waals surface area contributed by atoms with Crippen molar-refractivity contribution in [2.75, 3.05) is 5.32 Å². The van der Waals surface area contributed by atoms with Gasteiger partial charge < -0.3 is 5.32 Å². The summed E-state index contributed by atoms with van der Waals surface area (Å²) in [5.74, 6) is -1.43. The topological polar surface area (TPSA) is 122 Å². The number of carbonyl (C=O) groups is 3. The molecule has 10 heteroatoms. The van der Waals surface area contributed by atoms with Gasteiger partial charge in [-0.25, -0.2) is 4.68 Å². The first-order valence-corrected chi connectivity index (χ1v) is 10.9. The van der Waals surface area contributed by atoms with E-state index in [4.69, 9.17) is 0 Å². The highest BCUT2D eigenvalue weighted by molar-refractivity contribution is 7.12. The fourth-order valence-corrected chi connectivity index (χ4v) is 3.79. The number of fused-ring (bicyclic) bond motifs is 1. The van der Waals surface area contributed by atoms with Gasteiger partial charge in [-0.05, 0) is 48.7 Å². The molecule has 0 bridgehead atoms. The van der Waals surface area contributed by atoms with Crippen molar-refractivity contribution < 1.29 is 14.4 Å². The zero-order valence-electron chi connectivity index (χ0n) is 17.5. The van der Waals surface area contributed by atoms with Crippen LogP contribution in [0.2, 0.25) is 0 Å². The van der Waals surface area contributed by atoms with Crippen molar-refractivity contribution in [3.05, 3.63) is 92.5 Å². The van der Waals surface area contributed by atoms with E-state index in [2.05, 4.69) is 21.3 Å². The van der Waals surface area contributed by atoms with Crippen molar-refractivity contribution in [1.82, 2.24) is 20.6 Å². The second kappa shape index (κ2) is 9.45. The van der Waals surface area contributed by atoms with Gasteiger partial charge in [-0.3, -0.25) is 30.0 Å². The summed E-state index contributed by atoms with van der Waals surface area (Å²) in [7, 11) is 0. The number of thiophene rings is 1. The van der Waals surface area contributed by atoms with Crippen LogP contribution in [0.3, 0.4) is 0 Å². The number of rotatable bonds is 5. The number of hydrogen-bond acceptors (Lipinski definition) is 6. The Morgan fingerprint density at radius 1 is 0.879 bits per heavy atom. The van der Waals surface area contributed by atoms with Gasteiger partial charge in [-0.2, -0.15) is 5.10 Å². The van der Waals surface area contributed by atoms with Gasteiger partial charge in [-0.15, -0.1) is 11.3 Å². The Morgan fingerprint density at radius 3 is 2.24 bits per heavy atom. The lowest BCUT2D eigenvalue weighted by atomic mass is 10.1. The van der Waals surface area contributed by atoms with E-state index in [9.17, 15) is 19.2 Å². The SMILES string of the molecule is CCn1nc(C(=O)NNC(=O)c2ccc(NC(=O)c3cccs3)cc2)c2ccccc2c1=O. The Kier molecular flexibility index (Phi) is 6.27. The monoisotopic (exact) mass is 461 g/mol. The van der Waals surface area contributed by atoms with Crippen LogP contribution in [0.5, 0.6) is 0 Å². The summed E-state index contributed by atoms with van der Waals surface area (Å²) in [6.45, 7) is 2.05. The van der Waals surface area contributed by atoms with Crippen LogP contribution in [-0.4, -0.2) is 27.5 Å². The van der Waals surface area contributed by atoms with E-state index in [-0.39, 0.29) is 22.7 Å². The van der Waals surface area contributed by atoms with Crippen LogP contribution in [0.4, 0.5) is 5.69 Å². The maximum atomic E-state index is 12.7. The van der Waals surface area contributed by atoms with Crippen molar-refractivity contribution in [1.29, 1.82) is 0 Å². The van der Waals surface area contributed by atoms with Crippen LogP contribution in [0.15, 0.2) is 70.8 Å². The number of hydrogen-bond donors (Lipinski definition) is 3. The summed E-state index contributed by atoms with van der Waals surface area (Å²) < 4.78 is 1.20. The Labute approximate surface area is 192 Å². The molecule has 2 aromatic heterocycles. The quantitative estimate of drug-likeness (QED) is 0.395. The lowest BCUT2D eigenvalue weighted by molar-refractivity contribution is 0.0843. The standard InChI is InChI=1S/C23H19N5O4S/c1-2-28-23(32)17-7-4-3-6-16(17)19(27-28)22(31)26-25-20(29)14-9-11-15(12-10-14)24-21(30)18-8-5-13-33-18/h3-13H,2H2,1H3,(H,24,30)(H,25,29)(H,26,31). The van der Waals surface area contributed by atoms with Gasteiger partial charge in [0.05, 0.1) is 10.3 Å². The molecule has 4 rings (SSSR count). The zero-order valence-corrected chi connectivity index (χ0v) is 18.3. The maximum Gasteiger partial charge on any atom is 0.290 e. The van der Waals surface area contributed by atoms with Crippen LogP contribution in [0.25, 0.3) is 10.8 Å². The van der Waals surface area contributed by atoms with E-state index in [0.717, 1.165) is 0 Å². The van der Waals surface area contributed by atoms with E-state index in [1.807, 2.05) is 5.38 Å². The van der Waals surface area contributed by atoms with Crippen LogP contribution in [0, 0.1) is 0 Å². The largest absolute Gasteiger partial charge is 0.321 e. The number of hydrazine groups is 1. The van der Waals surface area contributed by atoms with Gasteiger partial charge in [0.2, 0.25) is 0 Å². The van der Waals surface area contributed by atoms with E-state index < -0.39 is 11.8 Å². The van der Waals surface area contributed by atoms with Crippen LogP contribution < -0.4 is 21.7 Å². The lowest BCUT2D eigenvalue weighted by Crippen LogP contribution is -2.42. The molecule has 0 aliphatic rings. The number of carbonyl (C=O) groups excluding carboxylic acids is 3. The van der Waals surface area contributed by atoms with E-state index in [1.165, 1.54) is 28.2 Å². The van der Waals surface area contributed by atoms with Crippen molar-refractivity contribution in [2.24, 2.45) is 0 Å². The Bertz CT molecular complexity index is 1390. The summed E-state index contributed by atoms with van der Waals surface area (Å²) in [6, 6.07) is 16.4. The number of aryl methyl sites for hydroxylation is 1. The molecule has 33 heavy (non-hydrogen) atoms. The Balaban J connectivity index is 1.44. The molecule has 0 saturated carbocycles. The van der Waals surface area contributed by atoms with E-state index in [1.54, 1.807) is 55.5 Å². The third kappa shape index (κ3) is 4.65. The molecule has 0 saturated heterocycles. The van der Waals surface area contributed by atoms with Crippen LogP contribution >= 0.6 is 11.3 Å². The number of nitrogens with zero attached hydrogens (tertiary/aromatic N) is 2. The molecule has 2 heterocycles. The third-order valence-corrected chi connectivity index (χ3v) is 5.69. The molecule has 4 aromatic rings. The molecule has 0 unspecified atom stereocenters. The predicted molar refractivity (Wildman–Crippen MR) is 125 cm³/mol. The van der Waals surface area contributed by atoms with Crippen molar-refractivity contribution in [2.45, 2.75) is 13.5 Å². The van der Waals surface area contributed by atoms with E-state index >= 15 is 0 Å². The third-order valence-electron chi connectivity index (χ3n) is 4.82. The zero-order chi connectivity index (χ0) is 23.4. The van der Waals surface area contributed by atoms with Gasteiger partial charge in [0, 0.05) is 23.2 Å². The summed E-state index contributed by atoms with van der Waals surface area (Å²) in [5.41, 5.74) is 5.23. The first-order chi connectivity index (χ1) is 16.0. The molecule has 0 spiro atoms. The fourth-order valence-electron chi connectivity index (χ4n) is 3.17. The molecule has 0 aliphatic heterocycles. The van der Waals surface area contributed by atoms with Gasteiger partial charge in [0.15, 0.2) is 5.69 Å². The molecule has 0 atom stereocenters. The van der Waals surface area contributed by atoms with Crippen LogP contribution in [-0.2, 0) is 6.54 Å². The lowest BCUT2D eigenvalue weighted by Gasteiger charge is -2.11. The maximum absolute atomic E-state index is 12.7. The minimum atomic E-state index is -0.651. The predicted octanol–water partition coefficient (Wildman–Crippen LogP) is 2.81. The Hall–Kier alpha value is -4.31. The second-order valence-corrected chi connectivity index (χ2v) is 7.88. The fraction of sp³-hybridized carbons (Fsp3) is 0.0870. The van der Waals surface area contributed by atoms with E-state index in [0.29, 0.717) is 27.9 Å². The smallest absolute Gasteiger partial charge is 0.290 e. The number of amides is 3. The highest BCUT2D eigenvalue weighted by atomic mass is 32.1. The van der Waals surface area contributed by atoms with Gasteiger partial charge in [0.1, 0.15) is 0 Å². The molecule has 9 nitrogen and oxygen atoms in total. The number of nitrogens with one attached hydrogen (secondary N) is 3. The van der Waals surface area contributed by atoms with Gasteiger partial charge in [0.25, 0.3) is 23.3 Å². The molecule has 0 radical (unpaired) electrons. The number of benzene rings is 2. The van der Waals surface area contributed by atoms with Crippen molar-refractivity contribution in [3.63, 3.8) is 0 Å².